The van der Waals surface area contributed by atoms with Gasteiger partial charge in [-0.2, -0.15) is 5.26 Å². The molecule has 0 saturated heterocycles. The Bertz CT molecular complexity index is 460. The summed E-state index contributed by atoms with van der Waals surface area (Å²) in [5.41, 5.74) is 1.08. The second-order valence-electron chi connectivity index (χ2n) is 5.14. The van der Waals surface area contributed by atoms with Crippen LogP contribution in [0.3, 0.4) is 0 Å². The number of rotatable bonds is 5. The van der Waals surface area contributed by atoms with Gasteiger partial charge in [-0.1, -0.05) is 26.0 Å². The summed E-state index contributed by atoms with van der Waals surface area (Å²) < 4.78 is 6.25. The molecule has 0 N–H and O–H groups in total. The van der Waals surface area contributed by atoms with Crippen molar-refractivity contribution in [1.29, 1.82) is 5.26 Å². The fraction of sp³-hybridized carbons (Fsp3) is 0.562. The molecule has 3 nitrogen and oxygen atoms in total. The van der Waals surface area contributed by atoms with Gasteiger partial charge in [0.05, 0.1) is 18.3 Å². The number of para-hydroxylation sites is 2. The van der Waals surface area contributed by atoms with Gasteiger partial charge in [0.2, 0.25) is 0 Å². The van der Waals surface area contributed by atoms with Crippen molar-refractivity contribution in [2.24, 2.45) is 0 Å². The topological polar surface area (TPSA) is 36.3 Å². The average Bonchev–Trinajstić information content (AvgIpc) is 2.47. The number of fused-ring (bicyclic) bond motifs is 1. The molecule has 1 aromatic rings. The first-order valence-electron chi connectivity index (χ1n) is 7.14. The second kappa shape index (κ2) is 5.97. The van der Waals surface area contributed by atoms with Gasteiger partial charge in [0.15, 0.2) is 0 Å². The Morgan fingerprint density at radius 1 is 1.32 bits per heavy atom. The van der Waals surface area contributed by atoms with Gasteiger partial charge in [0.1, 0.15) is 11.4 Å². The van der Waals surface area contributed by atoms with E-state index < -0.39 is 0 Å². The van der Waals surface area contributed by atoms with Gasteiger partial charge in [0, 0.05) is 13.0 Å². The number of hydrogen-bond acceptors (Lipinski definition) is 3. The van der Waals surface area contributed by atoms with E-state index in [1.54, 1.807) is 0 Å². The molecule has 0 amide bonds. The van der Waals surface area contributed by atoms with Gasteiger partial charge in [0.25, 0.3) is 0 Å². The molecule has 0 aromatic heterocycles. The fourth-order valence-corrected chi connectivity index (χ4v) is 2.67. The summed E-state index contributed by atoms with van der Waals surface area (Å²) in [7, 11) is 0. The van der Waals surface area contributed by atoms with Crippen molar-refractivity contribution < 1.29 is 4.74 Å². The van der Waals surface area contributed by atoms with Crippen LogP contribution < -0.4 is 9.64 Å². The highest BCUT2D eigenvalue weighted by Crippen LogP contribution is 2.39. The van der Waals surface area contributed by atoms with Crippen molar-refractivity contribution in [3.63, 3.8) is 0 Å². The third-order valence-electron chi connectivity index (χ3n) is 4.02. The van der Waals surface area contributed by atoms with Gasteiger partial charge >= 0.3 is 0 Å². The number of unbranched alkanes of at least 4 members (excludes halogenated alkanes) is 1. The summed E-state index contributed by atoms with van der Waals surface area (Å²) in [6.45, 7) is 6.22. The SMILES string of the molecule is CCC1(CC)CN(CCCC#N)c2ccccc2O1. The van der Waals surface area contributed by atoms with E-state index in [0.717, 1.165) is 43.8 Å². The summed E-state index contributed by atoms with van der Waals surface area (Å²) in [5, 5.41) is 8.69. The zero-order valence-electron chi connectivity index (χ0n) is 11.9. The third kappa shape index (κ3) is 2.84. The fourth-order valence-electron chi connectivity index (χ4n) is 2.67. The van der Waals surface area contributed by atoms with Gasteiger partial charge in [-0.15, -0.1) is 0 Å². The lowest BCUT2D eigenvalue weighted by molar-refractivity contribution is 0.0574. The lowest BCUT2D eigenvalue weighted by atomic mass is 9.93. The van der Waals surface area contributed by atoms with E-state index in [9.17, 15) is 0 Å². The lowest BCUT2D eigenvalue weighted by Crippen LogP contribution is -2.50. The first kappa shape index (κ1) is 13.7. The van der Waals surface area contributed by atoms with Crippen molar-refractivity contribution in [2.75, 3.05) is 18.0 Å². The minimum atomic E-state index is -0.0823. The summed E-state index contributed by atoms with van der Waals surface area (Å²) in [6.07, 6.45) is 3.54. The van der Waals surface area contributed by atoms with E-state index >= 15 is 0 Å². The first-order valence-corrected chi connectivity index (χ1v) is 7.14. The highest BCUT2D eigenvalue weighted by atomic mass is 16.5. The molecule has 0 saturated carbocycles. The normalized spacial score (nSPS) is 16.4. The van der Waals surface area contributed by atoms with Crippen molar-refractivity contribution in [3.05, 3.63) is 24.3 Å². The maximum atomic E-state index is 8.69. The predicted molar refractivity (Wildman–Crippen MR) is 77.4 cm³/mol. The summed E-state index contributed by atoms with van der Waals surface area (Å²) >= 11 is 0. The molecule has 1 aliphatic rings. The van der Waals surface area contributed by atoms with E-state index in [2.05, 4.69) is 30.9 Å². The van der Waals surface area contributed by atoms with E-state index in [0.29, 0.717) is 6.42 Å². The minimum Gasteiger partial charge on any atom is -0.483 e. The molecule has 1 aromatic carbocycles. The summed E-state index contributed by atoms with van der Waals surface area (Å²) in [4.78, 5) is 2.38. The van der Waals surface area contributed by atoms with Crippen LogP contribution in [0.2, 0.25) is 0 Å². The van der Waals surface area contributed by atoms with Crippen LogP contribution in [0.1, 0.15) is 39.5 Å². The molecule has 0 bridgehead atoms. The van der Waals surface area contributed by atoms with Crippen LogP contribution in [0, 0.1) is 11.3 Å². The van der Waals surface area contributed by atoms with Gasteiger partial charge in [-0.25, -0.2) is 0 Å². The van der Waals surface area contributed by atoms with Crippen LogP contribution in [0.15, 0.2) is 24.3 Å². The van der Waals surface area contributed by atoms with Gasteiger partial charge < -0.3 is 9.64 Å². The Hall–Kier alpha value is -1.69. The summed E-state index contributed by atoms with van der Waals surface area (Å²) in [5.74, 6) is 0.981. The molecular weight excluding hydrogens is 236 g/mol. The van der Waals surface area contributed by atoms with Crippen molar-refractivity contribution >= 4 is 5.69 Å². The average molecular weight is 258 g/mol. The standard InChI is InChI=1S/C16H22N2O/c1-3-16(4-2)13-18(12-8-7-11-17)14-9-5-6-10-15(14)19-16/h5-6,9-10H,3-4,7-8,12-13H2,1-2H3. The largest absolute Gasteiger partial charge is 0.483 e. The third-order valence-corrected chi connectivity index (χ3v) is 4.02. The Balaban J connectivity index is 2.23. The molecular formula is C16H22N2O. The van der Waals surface area contributed by atoms with E-state index in [4.69, 9.17) is 10.00 Å². The van der Waals surface area contributed by atoms with E-state index in [1.807, 2.05) is 18.2 Å². The second-order valence-corrected chi connectivity index (χ2v) is 5.14. The number of nitriles is 1. The Morgan fingerprint density at radius 2 is 2.05 bits per heavy atom. The van der Waals surface area contributed by atoms with Gasteiger partial charge in [-0.05, 0) is 31.4 Å². The zero-order chi connectivity index (χ0) is 13.7. The number of benzene rings is 1. The highest BCUT2D eigenvalue weighted by molar-refractivity contribution is 5.60. The lowest BCUT2D eigenvalue weighted by Gasteiger charge is -2.44. The molecule has 19 heavy (non-hydrogen) atoms. The van der Waals surface area contributed by atoms with Gasteiger partial charge in [-0.3, -0.25) is 0 Å². The van der Waals surface area contributed by atoms with Crippen molar-refractivity contribution in [3.8, 4) is 11.8 Å². The molecule has 0 fully saturated rings. The number of ether oxygens (including phenoxy) is 1. The molecule has 0 spiro atoms. The number of nitrogens with zero attached hydrogens (tertiary/aromatic N) is 2. The molecule has 0 atom stereocenters. The van der Waals surface area contributed by atoms with Crippen molar-refractivity contribution in [1.82, 2.24) is 0 Å². The molecule has 102 valence electrons. The quantitative estimate of drug-likeness (QED) is 0.755. The van der Waals surface area contributed by atoms with Crippen LogP contribution in [0.5, 0.6) is 5.75 Å². The summed E-state index contributed by atoms with van der Waals surface area (Å²) in [6, 6.07) is 10.4. The highest BCUT2D eigenvalue weighted by Gasteiger charge is 2.36. The van der Waals surface area contributed by atoms with Crippen LogP contribution in [0.25, 0.3) is 0 Å². The monoisotopic (exact) mass is 258 g/mol. The maximum absolute atomic E-state index is 8.69. The molecule has 2 rings (SSSR count). The maximum Gasteiger partial charge on any atom is 0.143 e. The number of hydrogen-bond donors (Lipinski definition) is 0. The Kier molecular flexibility index (Phi) is 4.31. The number of anilines is 1. The Morgan fingerprint density at radius 3 is 2.74 bits per heavy atom. The first-order chi connectivity index (χ1) is 9.24. The minimum absolute atomic E-state index is 0.0823. The van der Waals surface area contributed by atoms with E-state index in [-0.39, 0.29) is 5.60 Å². The predicted octanol–water partition coefficient (Wildman–Crippen LogP) is 3.75. The van der Waals surface area contributed by atoms with Crippen LogP contribution in [-0.2, 0) is 0 Å². The van der Waals surface area contributed by atoms with Crippen LogP contribution >= 0.6 is 0 Å². The Labute approximate surface area is 115 Å². The molecule has 1 aliphatic heterocycles. The van der Waals surface area contributed by atoms with Crippen LogP contribution in [-0.4, -0.2) is 18.7 Å². The molecule has 0 aliphatic carbocycles. The van der Waals surface area contributed by atoms with Crippen LogP contribution in [0.4, 0.5) is 5.69 Å². The molecule has 0 unspecified atom stereocenters. The van der Waals surface area contributed by atoms with Crippen molar-refractivity contribution in [2.45, 2.75) is 45.1 Å². The van der Waals surface area contributed by atoms with E-state index in [1.165, 1.54) is 0 Å². The smallest absolute Gasteiger partial charge is 0.143 e. The zero-order valence-corrected chi connectivity index (χ0v) is 11.9. The molecule has 1 heterocycles. The molecule has 0 radical (unpaired) electrons. The molecule has 3 heteroatoms.